The molecule has 0 aromatic carbocycles. The Morgan fingerprint density at radius 1 is 1.53 bits per heavy atom. The molecule has 0 aliphatic heterocycles. The summed E-state index contributed by atoms with van der Waals surface area (Å²) in [5, 5.41) is 8.60. The first kappa shape index (κ1) is 13.4. The molecular formula is C12H13NO3S. The van der Waals surface area contributed by atoms with Crippen molar-refractivity contribution in [2.24, 2.45) is 0 Å². The summed E-state index contributed by atoms with van der Waals surface area (Å²) in [5.41, 5.74) is 0.489. The first-order chi connectivity index (χ1) is 8.06. The van der Waals surface area contributed by atoms with E-state index in [0.29, 0.717) is 5.69 Å². The van der Waals surface area contributed by atoms with Crippen LogP contribution in [0, 0.1) is 0 Å². The van der Waals surface area contributed by atoms with Crippen LogP contribution in [0.1, 0.15) is 24.3 Å². The summed E-state index contributed by atoms with van der Waals surface area (Å²) >= 11 is 1.51. The van der Waals surface area contributed by atoms with Gasteiger partial charge in [-0.1, -0.05) is 6.92 Å². The third kappa shape index (κ3) is 3.71. The number of carbonyl (C=O) groups is 2. The fraction of sp³-hybridized carbons (Fsp3) is 0.250. The second-order valence-corrected chi connectivity index (χ2v) is 4.58. The van der Waals surface area contributed by atoms with Crippen molar-refractivity contribution in [2.75, 3.05) is 5.75 Å². The number of carbonyl (C=O) groups excluding carboxylic acids is 1. The average molecular weight is 251 g/mol. The first-order valence-electron chi connectivity index (χ1n) is 5.10. The molecule has 1 aromatic heterocycles. The van der Waals surface area contributed by atoms with Crippen molar-refractivity contribution in [3.8, 4) is 0 Å². The van der Waals surface area contributed by atoms with E-state index in [2.05, 4.69) is 4.98 Å². The zero-order chi connectivity index (χ0) is 12.8. The Kier molecular flexibility index (Phi) is 4.90. The van der Waals surface area contributed by atoms with Crippen LogP contribution in [0.15, 0.2) is 34.9 Å². The molecule has 0 unspecified atom stereocenters. The zero-order valence-electron chi connectivity index (χ0n) is 9.64. The molecule has 1 heterocycles. The number of rotatable bonds is 5. The highest BCUT2D eigenvalue weighted by Crippen LogP contribution is 2.22. The summed E-state index contributed by atoms with van der Waals surface area (Å²) in [6.07, 6.45) is 2.43. The largest absolute Gasteiger partial charge is 0.478 e. The van der Waals surface area contributed by atoms with Crippen LogP contribution in [0.5, 0.6) is 0 Å². The lowest BCUT2D eigenvalue weighted by atomic mass is 10.1. The number of hydrogen-bond donors (Lipinski definition) is 1. The monoisotopic (exact) mass is 251 g/mol. The van der Waals surface area contributed by atoms with E-state index in [1.165, 1.54) is 24.9 Å². The summed E-state index contributed by atoms with van der Waals surface area (Å²) in [6, 6.07) is 3.56. The van der Waals surface area contributed by atoms with Gasteiger partial charge < -0.3 is 5.11 Å². The SMILES string of the molecule is CCSc1cccnc1C(=O)/C(C)=C/C(=O)O. The van der Waals surface area contributed by atoms with E-state index in [4.69, 9.17) is 5.11 Å². The van der Waals surface area contributed by atoms with Gasteiger partial charge in [-0.3, -0.25) is 9.78 Å². The Bertz CT molecular complexity index is 469. The summed E-state index contributed by atoms with van der Waals surface area (Å²) < 4.78 is 0. The smallest absolute Gasteiger partial charge is 0.328 e. The van der Waals surface area contributed by atoms with Crippen molar-refractivity contribution in [3.05, 3.63) is 35.7 Å². The van der Waals surface area contributed by atoms with Gasteiger partial charge in [-0.15, -0.1) is 11.8 Å². The van der Waals surface area contributed by atoms with Crippen LogP contribution < -0.4 is 0 Å². The predicted octanol–water partition coefficient (Wildman–Crippen LogP) is 2.41. The topological polar surface area (TPSA) is 67.3 Å². The molecule has 5 heteroatoms. The summed E-state index contributed by atoms with van der Waals surface area (Å²) in [4.78, 5) is 27.3. The Morgan fingerprint density at radius 3 is 2.82 bits per heavy atom. The second-order valence-electron chi connectivity index (χ2n) is 3.28. The first-order valence-corrected chi connectivity index (χ1v) is 6.08. The van der Waals surface area contributed by atoms with Gasteiger partial charge in [0.05, 0.1) is 0 Å². The van der Waals surface area contributed by atoms with Crippen molar-refractivity contribution in [3.63, 3.8) is 0 Å². The Balaban J connectivity index is 3.07. The maximum atomic E-state index is 12.0. The quantitative estimate of drug-likeness (QED) is 0.494. The minimum Gasteiger partial charge on any atom is -0.478 e. The van der Waals surface area contributed by atoms with E-state index in [0.717, 1.165) is 16.7 Å². The third-order valence-corrected chi connectivity index (χ3v) is 2.91. The highest BCUT2D eigenvalue weighted by Gasteiger charge is 2.15. The Labute approximate surface area is 104 Å². The van der Waals surface area contributed by atoms with Crippen molar-refractivity contribution in [2.45, 2.75) is 18.7 Å². The Morgan fingerprint density at radius 2 is 2.24 bits per heavy atom. The van der Waals surface area contributed by atoms with Gasteiger partial charge in [0.2, 0.25) is 5.78 Å². The predicted molar refractivity (Wildman–Crippen MR) is 66.4 cm³/mol. The van der Waals surface area contributed by atoms with Gasteiger partial charge in [-0.05, 0) is 24.8 Å². The fourth-order valence-corrected chi connectivity index (χ4v) is 2.04. The van der Waals surface area contributed by atoms with Gasteiger partial charge in [0, 0.05) is 22.7 Å². The number of carboxylic acid groups (broad SMARTS) is 1. The molecule has 0 saturated carbocycles. The molecule has 0 saturated heterocycles. The van der Waals surface area contributed by atoms with Gasteiger partial charge >= 0.3 is 5.97 Å². The molecule has 0 spiro atoms. The number of carboxylic acids is 1. The van der Waals surface area contributed by atoms with Crippen molar-refractivity contribution < 1.29 is 14.7 Å². The summed E-state index contributed by atoms with van der Waals surface area (Å²) in [7, 11) is 0. The normalized spacial score (nSPS) is 11.3. The summed E-state index contributed by atoms with van der Waals surface area (Å²) in [5.74, 6) is -0.645. The van der Waals surface area contributed by atoms with Gasteiger partial charge in [-0.2, -0.15) is 0 Å². The van der Waals surface area contributed by atoms with Gasteiger partial charge in [0.15, 0.2) is 0 Å². The standard InChI is InChI=1S/C12H13NO3S/c1-3-17-9-5-4-6-13-11(9)12(16)8(2)7-10(14)15/h4-7H,3H2,1-2H3,(H,14,15)/b8-7+. The van der Waals surface area contributed by atoms with Crippen LogP contribution in [0.2, 0.25) is 0 Å². The maximum absolute atomic E-state index is 12.0. The molecule has 1 aromatic rings. The van der Waals surface area contributed by atoms with Crippen LogP contribution in [0.3, 0.4) is 0 Å². The lowest BCUT2D eigenvalue weighted by Gasteiger charge is -2.05. The molecule has 17 heavy (non-hydrogen) atoms. The maximum Gasteiger partial charge on any atom is 0.328 e. The van der Waals surface area contributed by atoms with Crippen LogP contribution in [0.25, 0.3) is 0 Å². The van der Waals surface area contributed by atoms with Crippen molar-refractivity contribution in [1.29, 1.82) is 0 Å². The number of aliphatic carboxylic acids is 1. The molecule has 0 atom stereocenters. The zero-order valence-corrected chi connectivity index (χ0v) is 10.5. The van der Waals surface area contributed by atoms with Gasteiger partial charge in [0.25, 0.3) is 0 Å². The number of allylic oxidation sites excluding steroid dienone is 1. The van der Waals surface area contributed by atoms with E-state index in [1.54, 1.807) is 6.07 Å². The molecule has 4 nitrogen and oxygen atoms in total. The molecule has 0 aliphatic rings. The molecular weight excluding hydrogens is 238 g/mol. The highest BCUT2D eigenvalue weighted by molar-refractivity contribution is 7.99. The van der Waals surface area contributed by atoms with Crippen LogP contribution in [-0.4, -0.2) is 27.6 Å². The molecule has 1 rings (SSSR count). The number of aromatic nitrogens is 1. The number of Topliss-reactive ketones (excluding diaryl/α,β-unsaturated/α-hetero) is 1. The van der Waals surface area contributed by atoms with Crippen molar-refractivity contribution >= 4 is 23.5 Å². The highest BCUT2D eigenvalue weighted by atomic mass is 32.2. The third-order valence-electron chi connectivity index (χ3n) is 1.98. The lowest BCUT2D eigenvalue weighted by molar-refractivity contribution is -0.131. The Hall–Kier alpha value is -1.62. The number of pyridine rings is 1. The average Bonchev–Trinajstić information content (AvgIpc) is 2.28. The molecule has 1 N–H and O–H groups in total. The molecule has 0 aliphatic carbocycles. The fourth-order valence-electron chi connectivity index (χ4n) is 1.27. The summed E-state index contributed by atoms with van der Waals surface area (Å²) in [6.45, 7) is 3.46. The van der Waals surface area contributed by atoms with E-state index >= 15 is 0 Å². The van der Waals surface area contributed by atoms with Crippen LogP contribution >= 0.6 is 11.8 Å². The molecule has 0 bridgehead atoms. The van der Waals surface area contributed by atoms with E-state index < -0.39 is 5.97 Å². The van der Waals surface area contributed by atoms with E-state index in [9.17, 15) is 9.59 Å². The number of thioether (sulfide) groups is 1. The number of hydrogen-bond acceptors (Lipinski definition) is 4. The lowest BCUT2D eigenvalue weighted by Crippen LogP contribution is -2.07. The van der Waals surface area contributed by atoms with E-state index in [1.807, 2.05) is 13.0 Å². The molecule has 90 valence electrons. The molecule has 0 fully saturated rings. The number of nitrogens with zero attached hydrogens (tertiary/aromatic N) is 1. The van der Waals surface area contributed by atoms with E-state index in [-0.39, 0.29) is 11.4 Å². The molecule has 0 radical (unpaired) electrons. The number of ketones is 1. The minimum absolute atomic E-state index is 0.175. The van der Waals surface area contributed by atoms with Gasteiger partial charge in [-0.25, -0.2) is 4.79 Å². The van der Waals surface area contributed by atoms with Crippen LogP contribution in [-0.2, 0) is 4.79 Å². The van der Waals surface area contributed by atoms with Crippen LogP contribution in [0.4, 0.5) is 0 Å². The molecule has 0 amide bonds. The van der Waals surface area contributed by atoms with Crippen molar-refractivity contribution in [1.82, 2.24) is 4.98 Å². The van der Waals surface area contributed by atoms with Gasteiger partial charge in [0.1, 0.15) is 5.69 Å². The second kappa shape index (κ2) is 6.20. The minimum atomic E-state index is -1.13.